The lowest BCUT2D eigenvalue weighted by molar-refractivity contribution is 0.616. The van der Waals surface area contributed by atoms with Gasteiger partial charge in [0.25, 0.3) is 0 Å². The molecule has 0 amide bonds. The third-order valence-electron chi connectivity index (χ3n) is 3.05. The lowest BCUT2D eigenvalue weighted by Gasteiger charge is -2.06. The van der Waals surface area contributed by atoms with Crippen LogP contribution in [0.4, 0.5) is 0 Å². The van der Waals surface area contributed by atoms with Gasteiger partial charge in [-0.2, -0.15) is 5.10 Å². The van der Waals surface area contributed by atoms with Gasteiger partial charge in [0, 0.05) is 18.9 Å². The van der Waals surface area contributed by atoms with E-state index in [-0.39, 0.29) is 0 Å². The third kappa shape index (κ3) is 2.07. The lowest BCUT2D eigenvalue weighted by Crippen LogP contribution is -2.01. The number of aryl methyl sites for hydroxylation is 2. The second kappa shape index (κ2) is 4.42. The molecule has 2 heteroatoms. The topological polar surface area (TPSA) is 17.8 Å². The van der Waals surface area contributed by atoms with E-state index in [1.54, 1.807) is 0 Å². The summed E-state index contributed by atoms with van der Waals surface area (Å²) in [6, 6.07) is 17.0. The van der Waals surface area contributed by atoms with Gasteiger partial charge in [0.05, 0.1) is 0 Å². The Balaban J connectivity index is 1.90. The Morgan fingerprint density at radius 1 is 0.941 bits per heavy atom. The average Bonchev–Trinajstić information content (AvgIpc) is 2.89. The van der Waals surface area contributed by atoms with E-state index in [0.29, 0.717) is 0 Å². The quantitative estimate of drug-likeness (QED) is 0.665. The molecule has 0 N–H and O–H groups in total. The van der Waals surface area contributed by atoms with Crippen molar-refractivity contribution in [1.29, 1.82) is 0 Å². The zero-order valence-corrected chi connectivity index (χ0v) is 9.58. The molecule has 0 saturated heterocycles. The Hall–Kier alpha value is -2.09. The van der Waals surface area contributed by atoms with E-state index in [9.17, 15) is 0 Å². The summed E-state index contributed by atoms with van der Waals surface area (Å²) in [5, 5.41) is 6.89. The molecule has 0 aliphatic carbocycles. The highest BCUT2D eigenvalue weighted by atomic mass is 15.3. The van der Waals surface area contributed by atoms with E-state index in [1.807, 2.05) is 23.1 Å². The van der Waals surface area contributed by atoms with Gasteiger partial charge in [-0.15, -0.1) is 0 Å². The normalized spacial score (nSPS) is 10.8. The van der Waals surface area contributed by atoms with Crippen molar-refractivity contribution >= 4 is 10.8 Å². The van der Waals surface area contributed by atoms with E-state index in [4.69, 9.17) is 0 Å². The monoisotopic (exact) mass is 222 g/mol. The van der Waals surface area contributed by atoms with Crippen LogP contribution in [-0.2, 0) is 13.0 Å². The molecular weight excluding hydrogens is 208 g/mol. The van der Waals surface area contributed by atoms with Gasteiger partial charge in [-0.25, -0.2) is 0 Å². The number of rotatable bonds is 3. The van der Waals surface area contributed by atoms with Crippen molar-refractivity contribution in [2.45, 2.75) is 13.0 Å². The smallest absolute Gasteiger partial charge is 0.0489 e. The van der Waals surface area contributed by atoms with Crippen LogP contribution in [-0.4, -0.2) is 9.78 Å². The van der Waals surface area contributed by atoms with Crippen molar-refractivity contribution in [3.8, 4) is 0 Å². The Labute approximate surface area is 101 Å². The first-order chi connectivity index (χ1) is 8.43. The van der Waals surface area contributed by atoms with Gasteiger partial charge in [0.1, 0.15) is 0 Å². The van der Waals surface area contributed by atoms with Crippen molar-refractivity contribution in [3.63, 3.8) is 0 Å². The van der Waals surface area contributed by atoms with Gasteiger partial charge in [-0.1, -0.05) is 42.5 Å². The summed E-state index contributed by atoms with van der Waals surface area (Å²) < 4.78 is 1.97. The summed E-state index contributed by atoms with van der Waals surface area (Å²) in [6.45, 7) is 0.932. The van der Waals surface area contributed by atoms with Crippen molar-refractivity contribution in [1.82, 2.24) is 9.78 Å². The molecule has 0 atom stereocenters. The molecule has 0 unspecified atom stereocenters. The van der Waals surface area contributed by atoms with Crippen LogP contribution in [0.3, 0.4) is 0 Å². The SMILES string of the molecule is c1ccc2c(CCn3cccn3)cccc2c1. The first-order valence-corrected chi connectivity index (χ1v) is 5.87. The average molecular weight is 222 g/mol. The maximum atomic E-state index is 4.23. The molecule has 0 radical (unpaired) electrons. The molecule has 0 bridgehead atoms. The molecule has 3 aromatic rings. The van der Waals surface area contributed by atoms with Crippen LogP contribution in [0.15, 0.2) is 60.9 Å². The molecule has 2 nitrogen and oxygen atoms in total. The molecule has 17 heavy (non-hydrogen) atoms. The largest absolute Gasteiger partial charge is 0.272 e. The maximum absolute atomic E-state index is 4.23. The van der Waals surface area contributed by atoms with E-state index in [2.05, 4.69) is 47.6 Å². The highest BCUT2D eigenvalue weighted by Gasteiger charge is 2.00. The zero-order chi connectivity index (χ0) is 11.5. The van der Waals surface area contributed by atoms with E-state index < -0.39 is 0 Å². The predicted octanol–water partition coefficient (Wildman–Crippen LogP) is 3.28. The minimum Gasteiger partial charge on any atom is -0.272 e. The predicted molar refractivity (Wildman–Crippen MR) is 69.9 cm³/mol. The van der Waals surface area contributed by atoms with E-state index in [1.165, 1.54) is 16.3 Å². The molecule has 0 saturated carbocycles. The minimum atomic E-state index is 0.932. The molecule has 1 heterocycles. The number of fused-ring (bicyclic) bond motifs is 1. The molecule has 0 spiro atoms. The summed E-state index contributed by atoms with van der Waals surface area (Å²) in [5.74, 6) is 0. The summed E-state index contributed by atoms with van der Waals surface area (Å²) in [6.07, 6.45) is 4.84. The van der Waals surface area contributed by atoms with Gasteiger partial charge in [-0.05, 0) is 28.8 Å². The van der Waals surface area contributed by atoms with Crippen LogP contribution in [0.1, 0.15) is 5.56 Å². The van der Waals surface area contributed by atoms with Crippen molar-refractivity contribution in [2.75, 3.05) is 0 Å². The summed E-state index contributed by atoms with van der Waals surface area (Å²) in [5.41, 5.74) is 1.39. The van der Waals surface area contributed by atoms with Crippen LogP contribution in [0.5, 0.6) is 0 Å². The van der Waals surface area contributed by atoms with Crippen molar-refractivity contribution in [2.24, 2.45) is 0 Å². The third-order valence-corrected chi connectivity index (χ3v) is 3.05. The Kier molecular flexibility index (Phi) is 2.62. The molecule has 84 valence electrons. The van der Waals surface area contributed by atoms with Crippen LogP contribution >= 0.6 is 0 Å². The Morgan fingerprint density at radius 2 is 1.82 bits per heavy atom. The van der Waals surface area contributed by atoms with Gasteiger partial charge in [-0.3, -0.25) is 4.68 Å². The molecule has 3 rings (SSSR count). The fraction of sp³-hybridized carbons (Fsp3) is 0.133. The number of aromatic nitrogens is 2. The second-order valence-corrected chi connectivity index (χ2v) is 4.16. The molecular formula is C15H14N2. The van der Waals surface area contributed by atoms with Gasteiger partial charge < -0.3 is 0 Å². The maximum Gasteiger partial charge on any atom is 0.0489 e. The number of benzene rings is 2. The molecule has 2 aromatic carbocycles. The van der Waals surface area contributed by atoms with Crippen LogP contribution in [0.2, 0.25) is 0 Å². The Morgan fingerprint density at radius 3 is 2.71 bits per heavy atom. The molecule has 0 aliphatic rings. The van der Waals surface area contributed by atoms with Crippen LogP contribution in [0, 0.1) is 0 Å². The molecule has 0 fully saturated rings. The van der Waals surface area contributed by atoms with Gasteiger partial charge >= 0.3 is 0 Å². The first kappa shape index (κ1) is 10.1. The fourth-order valence-corrected chi connectivity index (χ4v) is 2.18. The number of nitrogens with zero attached hydrogens (tertiary/aromatic N) is 2. The lowest BCUT2D eigenvalue weighted by atomic mass is 10.0. The highest BCUT2D eigenvalue weighted by Crippen LogP contribution is 2.19. The van der Waals surface area contributed by atoms with Crippen LogP contribution < -0.4 is 0 Å². The molecule has 0 aliphatic heterocycles. The van der Waals surface area contributed by atoms with Gasteiger partial charge in [0.15, 0.2) is 0 Å². The number of hydrogen-bond acceptors (Lipinski definition) is 1. The first-order valence-electron chi connectivity index (χ1n) is 5.87. The van der Waals surface area contributed by atoms with E-state index >= 15 is 0 Å². The van der Waals surface area contributed by atoms with Gasteiger partial charge in [0.2, 0.25) is 0 Å². The standard InChI is InChI=1S/C15H14N2/c1-2-8-15-13(5-1)6-3-7-14(15)9-12-17-11-4-10-16-17/h1-8,10-11H,9,12H2. The second-order valence-electron chi connectivity index (χ2n) is 4.16. The zero-order valence-electron chi connectivity index (χ0n) is 9.58. The van der Waals surface area contributed by atoms with Crippen molar-refractivity contribution < 1.29 is 0 Å². The Bertz CT molecular complexity index is 606. The van der Waals surface area contributed by atoms with E-state index in [0.717, 1.165) is 13.0 Å². The fourth-order valence-electron chi connectivity index (χ4n) is 2.18. The van der Waals surface area contributed by atoms with Crippen molar-refractivity contribution in [3.05, 3.63) is 66.5 Å². The summed E-state index contributed by atoms with van der Waals surface area (Å²) >= 11 is 0. The summed E-state index contributed by atoms with van der Waals surface area (Å²) in [4.78, 5) is 0. The molecule has 1 aromatic heterocycles. The summed E-state index contributed by atoms with van der Waals surface area (Å²) in [7, 11) is 0. The number of hydrogen-bond donors (Lipinski definition) is 0. The highest BCUT2D eigenvalue weighted by molar-refractivity contribution is 5.85. The van der Waals surface area contributed by atoms with Crippen LogP contribution in [0.25, 0.3) is 10.8 Å². The minimum absolute atomic E-state index is 0.932.